The van der Waals surface area contributed by atoms with E-state index in [-0.39, 0.29) is 13.0 Å². The van der Waals surface area contributed by atoms with Crippen LogP contribution in [-0.2, 0) is 4.79 Å². The van der Waals surface area contributed by atoms with Gasteiger partial charge in [-0.05, 0) is 25.7 Å². The fourth-order valence-electron chi connectivity index (χ4n) is 2.08. The maximum atomic E-state index is 11.2. The fourth-order valence-corrected chi connectivity index (χ4v) is 2.08. The third-order valence-corrected chi connectivity index (χ3v) is 2.85. The van der Waals surface area contributed by atoms with E-state index in [0.29, 0.717) is 6.42 Å². The first-order valence-electron chi connectivity index (χ1n) is 4.89. The zero-order valence-corrected chi connectivity index (χ0v) is 8.48. The summed E-state index contributed by atoms with van der Waals surface area (Å²) in [5.74, 6) is -1.08. The van der Waals surface area contributed by atoms with Gasteiger partial charge in [-0.3, -0.25) is 4.90 Å². The standard InChI is InChI=1S/C10H15NO4/c1-2-5-10(8(12)13)6-3-4-7-11(10)9(14)15/h2H,1,3-7H2,(H,12,13)(H,14,15)/t10-/m0/s1. The maximum absolute atomic E-state index is 11.2. The van der Waals surface area contributed by atoms with Crippen LogP contribution in [0.2, 0.25) is 0 Å². The number of carboxylic acids is 1. The Bertz CT molecular complexity index is 289. The van der Waals surface area contributed by atoms with E-state index in [2.05, 4.69) is 6.58 Å². The molecule has 1 fully saturated rings. The molecule has 1 atom stereocenters. The van der Waals surface area contributed by atoms with Crippen molar-refractivity contribution in [2.75, 3.05) is 6.54 Å². The zero-order chi connectivity index (χ0) is 11.5. The van der Waals surface area contributed by atoms with Gasteiger partial charge in [-0.1, -0.05) is 6.08 Å². The average molecular weight is 213 g/mol. The van der Waals surface area contributed by atoms with Crippen LogP contribution in [0, 0.1) is 0 Å². The third kappa shape index (κ3) is 1.95. The van der Waals surface area contributed by atoms with Crippen LogP contribution in [0.3, 0.4) is 0 Å². The van der Waals surface area contributed by atoms with Crippen LogP contribution in [0.15, 0.2) is 12.7 Å². The molecule has 1 saturated heterocycles. The van der Waals surface area contributed by atoms with Gasteiger partial charge >= 0.3 is 12.1 Å². The van der Waals surface area contributed by atoms with E-state index in [1.165, 1.54) is 6.08 Å². The van der Waals surface area contributed by atoms with Gasteiger partial charge in [-0.15, -0.1) is 6.58 Å². The molecular weight excluding hydrogens is 198 g/mol. The van der Waals surface area contributed by atoms with Crippen molar-refractivity contribution in [2.24, 2.45) is 0 Å². The van der Waals surface area contributed by atoms with Gasteiger partial charge in [0.2, 0.25) is 0 Å². The van der Waals surface area contributed by atoms with E-state index in [1.54, 1.807) is 0 Å². The first-order chi connectivity index (χ1) is 7.04. The number of nitrogens with zero attached hydrogens (tertiary/aromatic N) is 1. The largest absolute Gasteiger partial charge is 0.479 e. The van der Waals surface area contributed by atoms with Gasteiger partial charge in [0.25, 0.3) is 0 Å². The van der Waals surface area contributed by atoms with Crippen molar-refractivity contribution in [1.82, 2.24) is 4.90 Å². The predicted molar refractivity (Wildman–Crippen MR) is 53.8 cm³/mol. The highest BCUT2D eigenvalue weighted by atomic mass is 16.4. The summed E-state index contributed by atoms with van der Waals surface area (Å²) in [6.45, 7) is 3.78. The highest BCUT2D eigenvalue weighted by Gasteiger charge is 2.47. The van der Waals surface area contributed by atoms with Crippen LogP contribution >= 0.6 is 0 Å². The SMILES string of the molecule is C=CC[C@@]1(C(=O)O)CCCCN1C(=O)O. The van der Waals surface area contributed by atoms with Gasteiger partial charge in [0.15, 0.2) is 0 Å². The smallest absolute Gasteiger partial charge is 0.408 e. The number of aliphatic carboxylic acids is 1. The highest BCUT2D eigenvalue weighted by Crippen LogP contribution is 2.32. The summed E-state index contributed by atoms with van der Waals surface area (Å²) >= 11 is 0. The molecular formula is C10H15NO4. The maximum Gasteiger partial charge on any atom is 0.408 e. The fraction of sp³-hybridized carbons (Fsp3) is 0.600. The Balaban J connectivity index is 3.03. The molecule has 0 radical (unpaired) electrons. The summed E-state index contributed by atoms with van der Waals surface area (Å²) in [5.41, 5.74) is -1.30. The Labute approximate surface area is 88.0 Å². The molecule has 0 saturated carbocycles. The second kappa shape index (κ2) is 4.33. The number of hydrogen-bond donors (Lipinski definition) is 2. The molecule has 0 unspecified atom stereocenters. The molecule has 84 valence electrons. The van der Waals surface area contributed by atoms with Crippen molar-refractivity contribution < 1.29 is 19.8 Å². The first kappa shape index (κ1) is 11.6. The minimum Gasteiger partial charge on any atom is -0.479 e. The molecule has 0 aromatic heterocycles. The lowest BCUT2D eigenvalue weighted by atomic mass is 9.84. The number of carboxylic acid groups (broad SMARTS) is 2. The van der Waals surface area contributed by atoms with Crippen molar-refractivity contribution in [3.8, 4) is 0 Å². The van der Waals surface area contributed by atoms with Gasteiger partial charge in [0.1, 0.15) is 5.54 Å². The van der Waals surface area contributed by atoms with Crippen LogP contribution in [0.25, 0.3) is 0 Å². The van der Waals surface area contributed by atoms with E-state index in [4.69, 9.17) is 5.11 Å². The lowest BCUT2D eigenvalue weighted by molar-refractivity contribution is -0.152. The zero-order valence-electron chi connectivity index (χ0n) is 8.48. The van der Waals surface area contributed by atoms with Crippen LogP contribution in [-0.4, -0.2) is 39.3 Å². The Morgan fingerprint density at radius 1 is 1.40 bits per heavy atom. The van der Waals surface area contributed by atoms with Crippen LogP contribution in [0.5, 0.6) is 0 Å². The van der Waals surface area contributed by atoms with Gasteiger partial charge in [0, 0.05) is 6.54 Å². The van der Waals surface area contributed by atoms with Crippen LogP contribution in [0.1, 0.15) is 25.7 Å². The van der Waals surface area contributed by atoms with Crippen molar-refractivity contribution in [3.05, 3.63) is 12.7 Å². The number of piperidine rings is 1. The minimum absolute atomic E-state index is 0.161. The Morgan fingerprint density at radius 2 is 2.07 bits per heavy atom. The molecule has 5 heteroatoms. The monoisotopic (exact) mass is 213 g/mol. The number of hydrogen-bond acceptors (Lipinski definition) is 2. The van der Waals surface area contributed by atoms with Gasteiger partial charge in [-0.25, -0.2) is 9.59 Å². The van der Waals surface area contributed by atoms with Gasteiger partial charge < -0.3 is 10.2 Å². The van der Waals surface area contributed by atoms with Gasteiger partial charge in [0.05, 0.1) is 0 Å². The molecule has 0 aromatic rings. The quantitative estimate of drug-likeness (QED) is 0.697. The van der Waals surface area contributed by atoms with Crippen molar-refractivity contribution in [1.29, 1.82) is 0 Å². The predicted octanol–water partition coefficient (Wildman–Crippen LogP) is 1.55. The van der Waals surface area contributed by atoms with Crippen molar-refractivity contribution >= 4 is 12.1 Å². The summed E-state index contributed by atoms with van der Waals surface area (Å²) < 4.78 is 0. The molecule has 0 aromatic carbocycles. The Morgan fingerprint density at radius 3 is 2.53 bits per heavy atom. The molecule has 0 bridgehead atoms. The number of carbonyl (C=O) groups is 2. The van der Waals surface area contributed by atoms with Crippen LogP contribution in [0.4, 0.5) is 4.79 Å². The molecule has 1 rings (SSSR count). The van der Waals surface area contributed by atoms with E-state index >= 15 is 0 Å². The second-order valence-corrected chi connectivity index (χ2v) is 3.72. The first-order valence-corrected chi connectivity index (χ1v) is 4.89. The molecule has 2 N–H and O–H groups in total. The highest BCUT2D eigenvalue weighted by molar-refractivity contribution is 5.84. The summed E-state index contributed by atoms with van der Waals surface area (Å²) in [5, 5.41) is 18.2. The van der Waals surface area contributed by atoms with E-state index in [0.717, 1.165) is 17.7 Å². The molecule has 1 heterocycles. The molecule has 15 heavy (non-hydrogen) atoms. The molecule has 5 nitrogen and oxygen atoms in total. The normalized spacial score (nSPS) is 26.0. The van der Waals surface area contributed by atoms with E-state index in [9.17, 15) is 14.7 Å². The third-order valence-electron chi connectivity index (χ3n) is 2.85. The van der Waals surface area contributed by atoms with Crippen molar-refractivity contribution in [2.45, 2.75) is 31.2 Å². The number of amides is 1. The summed E-state index contributed by atoms with van der Waals surface area (Å²) in [7, 11) is 0. The molecule has 1 aliphatic heterocycles. The molecule has 0 spiro atoms. The topological polar surface area (TPSA) is 77.8 Å². The number of rotatable bonds is 3. The molecule has 1 aliphatic rings. The lowest BCUT2D eigenvalue weighted by Gasteiger charge is -2.41. The molecule has 1 amide bonds. The van der Waals surface area contributed by atoms with Gasteiger partial charge in [-0.2, -0.15) is 0 Å². The molecule has 0 aliphatic carbocycles. The van der Waals surface area contributed by atoms with E-state index in [1.807, 2.05) is 0 Å². The Kier molecular flexibility index (Phi) is 3.34. The number of likely N-dealkylation sites (tertiary alicyclic amines) is 1. The summed E-state index contributed by atoms with van der Waals surface area (Å²) in [4.78, 5) is 23.2. The lowest BCUT2D eigenvalue weighted by Crippen LogP contribution is -2.58. The average Bonchev–Trinajstić information content (AvgIpc) is 2.18. The summed E-state index contributed by atoms with van der Waals surface area (Å²) in [6.07, 6.45) is 2.28. The van der Waals surface area contributed by atoms with Crippen LogP contribution < -0.4 is 0 Å². The second-order valence-electron chi connectivity index (χ2n) is 3.72. The summed E-state index contributed by atoms with van der Waals surface area (Å²) in [6, 6.07) is 0. The van der Waals surface area contributed by atoms with E-state index < -0.39 is 17.6 Å². The Hall–Kier alpha value is -1.52. The van der Waals surface area contributed by atoms with Crippen molar-refractivity contribution in [3.63, 3.8) is 0 Å². The minimum atomic E-state index is -1.30.